The molecule has 0 fully saturated rings. The maximum atomic E-state index is 11.7. The van der Waals surface area contributed by atoms with Crippen molar-refractivity contribution in [3.05, 3.63) is 90.6 Å². The van der Waals surface area contributed by atoms with Crippen molar-refractivity contribution in [2.24, 2.45) is 0 Å². The number of hydrogen-bond donors (Lipinski definition) is 0. The Balaban J connectivity index is 2.35. The molecule has 0 radical (unpaired) electrons. The number of ether oxygens (including phenoxy) is 1. The van der Waals surface area contributed by atoms with E-state index in [-0.39, 0.29) is 6.61 Å². The van der Waals surface area contributed by atoms with Crippen LogP contribution in [0.1, 0.15) is 29.7 Å². The first-order valence-corrected chi connectivity index (χ1v) is 8.22. The van der Waals surface area contributed by atoms with Crippen LogP contribution < -0.4 is 0 Å². The van der Waals surface area contributed by atoms with E-state index in [1.807, 2.05) is 34.9 Å². The number of imidazole rings is 1. The van der Waals surface area contributed by atoms with Crippen LogP contribution in [0.2, 0.25) is 0 Å². The maximum absolute atomic E-state index is 11.7. The van der Waals surface area contributed by atoms with Gasteiger partial charge in [-0.2, -0.15) is 0 Å². The molecule has 0 spiro atoms. The van der Waals surface area contributed by atoms with Crippen LogP contribution in [-0.2, 0) is 35.5 Å². The summed E-state index contributed by atoms with van der Waals surface area (Å²) in [5.41, 5.74) is 3.59. The second-order valence-electron chi connectivity index (χ2n) is 5.83. The molecule has 0 unspecified atom stereocenters. The summed E-state index contributed by atoms with van der Waals surface area (Å²) in [5, 5.41) is 0. The van der Waals surface area contributed by atoms with Gasteiger partial charge in [-0.3, -0.25) is 0 Å². The molecule has 1 heterocycles. The molecule has 2 rings (SSSR count). The Morgan fingerprint density at radius 3 is 2.56 bits per heavy atom. The number of aromatic nitrogens is 2. The molecule has 0 saturated carbocycles. The molecular weight excluding hydrogens is 312 g/mol. The van der Waals surface area contributed by atoms with Gasteiger partial charge in [0.05, 0.1) is 5.69 Å². The van der Waals surface area contributed by atoms with Gasteiger partial charge < -0.3 is 9.30 Å². The van der Waals surface area contributed by atoms with Gasteiger partial charge in [0.15, 0.2) is 0 Å². The third kappa shape index (κ3) is 4.80. The van der Waals surface area contributed by atoms with E-state index < -0.39 is 5.97 Å². The number of benzene rings is 1. The summed E-state index contributed by atoms with van der Waals surface area (Å²) in [4.78, 5) is 16.4. The van der Waals surface area contributed by atoms with Gasteiger partial charge in [-0.15, -0.1) is 13.2 Å². The molecule has 0 aliphatic heterocycles. The quantitative estimate of drug-likeness (QED) is 0.395. The van der Waals surface area contributed by atoms with Crippen molar-refractivity contribution < 1.29 is 9.53 Å². The molecule has 130 valence electrons. The predicted molar refractivity (Wildman–Crippen MR) is 100 cm³/mol. The van der Waals surface area contributed by atoms with E-state index in [2.05, 4.69) is 31.9 Å². The summed E-state index contributed by atoms with van der Waals surface area (Å²) >= 11 is 0. The normalized spacial score (nSPS) is 10.3. The second kappa shape index (κ2) is 8.83. The van der Waals surface area contributed by atoms with Crippen LogP contribution in [-0.4, -0.2) is 15.5 Å². The molecule has 4 nitrogen and oxygen atoms in total. The zero-order valence-corrected chi connectivity index (χ0v) is 14.7. The number of carbonyl (C=O) groups is 1. The lowest BCUT2D eigenvalue weighted by molar-refractivity contribution is -0.140. The number of esters is 1. The Labute approximate surface area is 149 Å². The van der Waals surface area contributed by atoms with Crippen LogP contribution in [0.25, 0.3) is 0 Å². The highest BCUT2D eigenvalue weighted by Gasteiger charge is 2.17. The van der Waals surface area contributed by atoms with Gasteiger partial charge in [0, 0.05) is 30.7 Å². The maximum Gasteiger partial charge on any atom is 0.333 e. The summed E-state index contributed by atoms with van der Waals surface area (Å²) in [6.45, 7) is 13.6. The fourth-order valence-electron chi connectivity index (χ4n) is 2.60. The largest absolute Gasteiger partial charge is 0.454 e. The number of allylic oxidation sites excluding steroid dienone is 2. The summed E-state index contributed by atoms with van der Waals surface area (Å²) in [6.07, 6.45) is 5.08. The van der Waals surface area contributed by atoms with Crippen molar-refractivity contribution in [1.82, 2.24) is 9.55 Å². The van der Waals surface area contributed by atoms with E-state index in [1.54, 1.807) is 6.92 Å². The number of hydrogen-bond acceptors (Lipinski definition) is 3. The van der Waals surface area contributed by atoms with Gasteiger partial charge >= 0.3 is 5.97 Å². The van der Waals surface area contributed by atoms with Crippen LogP contribution in [0.3, 0.4) is 0 Å². The molecular formula is C21H24N2O2. The molecule has 25 heavy (non-hydrogen) atoms. The highest BCUT2D eigenvalue weighted by atomic mass is 16.5. The van der Waals surface area contributed by atoms with Gasteiger partial charge in [-0.25, -0.2) is 9.78 Å². The molecule has 0 aliphatic rings. The molecule has 2 aromatic rings. The van der Waals surface area contributed by atoms with Crippen molar-refractivity contribution in [3.63, 3.8) is 0 Å². The number of nitrogens with zero attached hydrogens (tertiary/aromatic N) is 2. The van der Waals surface area contributed by atoms with E-state index in [0.29, 0.717) is 24.4 Å². The summed E-state index contributed by atoms with van der Waals surface area (Å²) in [7, 11) is 0. The van der Waals surface area contributed by atoms with E-state index in [0.717, 1.165) is 17.8 Å². The van der Waals surface area contributed by atoms with Crippen molar-refractivity contribution in [2.45, 2.75) is 32.9 Å². The van der Waals surface area contributed by atoms with Crippen molar-refractivity contribution >= 4 is 5.97 Å². The highest BCUT2D eigenvalue weighted by molar-refractivity contribution is 5.86. The van der Waals surface area contributed by atoms with Gasteiger partial charge in [-0.05, 0) is 12.5 Å². The summed E-state index contributed by atoms with van der Waals surface area (Å²) in [6, 6.07) is 10.2. The minimum absolute atomic E-state index is 0.110. The van der Waals surface area contributed by atoms with Crippen LogP contribution in [0.15, 0.2) is 67.8 Å². The third-order valence-electron chi connectivity index (χ3n) is 3.78. The molecule has 0 N–H and O–H groups in total. The van der Waals surface area contributed by atoms with Gasteiger partial charge in [0.25, 0.3) is 0 Å². The topological polar surface area (TPSA) is 44.1 Å². The van der Waals surface area contributed by atoms with E-state index in [4.69, 9.17) is 9.72 Å². The standard InChI is InChI=1S/C21H24N2O2/c1-5-10-19-18(14-17-11-8-7-9-12-17)22-20(23(19)13-6-2)15-25-21(24)16(3)4/h5-9,11-12H,1-3,10,13-15H2,4H3. The lowest BCUT2D eigenvalue weighted by Crippen LogP contribution is -2.11. The zero-order chi connectivity index (χ0) is 18.2. The summed E-state index contributed by atoms with van der Waals surface area (Å²) < 4.78 is 7.33. The van der Waals surface area contributed by atoms with E-state index in [9.17, 15) is 4.79 Å². The van der Waals surface area contributed by atoms with Crippen LogP contribution in [0.4, 0.5) is 0 Å². The molecule has 0 saturated heterocycles. The first-order chi connectivity index (χ1) is 12.1. The average molecular weight is 336 g/mol. The van der Waals surface area contributed by atoms with Crippen molar-refractivity contribution in [3.8, 4) is 0 Å². The second-order valence-corrected chi connectivity index (χ2v) is 5.83. The minimum Gasteiger partial charge on any atom is -0.454 e. The van der Waals surface area contributed by atoms with Crippen LogP contribution in [0, 0.1) is 0 Å². The number of rotatable bonds is 9. The SMILES string of the molecule is C=CCc1c(Cc2ccccc2)nc(COC(=O)C(=C)C)n1CC=C. The van der Waals surface area contributed by atoms with Crippen LogP contribution >= 0.6 is 0 Å². The Hall–Kier alpha value is -2.88. The monoisotopic (exact) mass is 336 g/mol. The van der Waals surface area contributed by atoms with Crippen molar-refractivity contribution in [1.29, 1.82) is 0 Å². The first-order valence-electron chi connectivity index (χ1n) is 8.22. The first kappa shape index (κ1) is 18.5. The molecule has 1 aromatic carbocycles. The van der Waals surface area contributed by atoms with Crippen LogP contribution in [0.5, 0.6) is 0 Å². The average Bonchev–Trinajstić information content (AvgIpc) is 2.91. The lowest BCUT2D eigenvalue weighted by Gasteiger charge is -2.10. The number of carbonyl (C=O) groups excluding carboxylic acids is 1. The Morgan fingerprint density at radius 1 is 1.24 bits per heavy atom. The fourth-order valence-corrected chi connectivity index (χ4v) is 2.60. The highest BCUT2D eigenvalue weighted by Crippen LogP contribution is 2.19. The molecule has 0 atom stereocenters. The minimum atomic E-state index is -0.414. The Bertz CT molecular complexity index is 773. The summed E-state index contributed by atoms with van der Waals surface area (Å²) in [5.74, 6) is 0.292. The Kier molecular flexibility index (Phi) is 6.52. The fraction of sp³-hybridized carbons (Fsp3) is 0.238. The molecule has 0 aliphatic carbocycles. The Morgan fingerprint density at radius 2 is 1.96 bits per heavy atom. The van der Waals surface area contributed by atoms with E-state index in [1.165, 1.54) is 5.56 Å². The van der Waals surface area contributed by atoms with Gasteiger partial charge in [0.1, 0.15) is 12.4 Å². The lowest BCUT2D eigenvalue weighted by atomic mass is 10.1. The predicted octanol–water partition coefficient (Wildman–Crippen LogP) is 4.01. The molecule has 0 amide bonds. The molecule has 0 bridgehead atoms. The molecule has 1 aromatic heterocycles. The van der Waals surface area contributed by atoms with E-state index >= 15 is 0 Å². The van der Waals surface area contributed by atoms with Gasteiger partial charge in [-0.1, -0.05) is 49.1 Å². The smallest absolute Gasteiger partial charge is 0.333 e. The van der Waals surface area contributed by atoms with Crippen molar-refractivity contribution in [2.75, 3.05) is 0 Å². The van der Waals surface area contributed by atoms with Gasteiger partial charge in [0.2, 0.25) is 0 Å². The zero-order valence-electron chi connectivity index (χ0n) is 14.7. The molecule has 4 heteroatoms. The third-order valence-corrected chi connectivity index (χ3v) is 3.78.